The number of rotatable bonds is 6. The minimum Gasteiger partial charge on any atom is -0.353 e. The summed E-state index contributed by atoms with van der Waals surface area (Å²) in [7, 11) is 0. The Bertz CT molecular complexity index is 1120. The highest BCUT2D eigenvalue weighted by molar-refractivity contribution is 7.99. The maximum absolute atomic E-state index is 13.8. The quantitative estimate of drug-likeness (QED) is 0.411. The molecule has 0 atom stereocenters. The fourth-order valence-corrected chi connectivity index (χ4v) is 4.97. The number of halogens is 4. The standard InChI is InChI=1S/C21H18Cl3FN4OS/c22-12-5-7-15(16(23)9-12)20-27-28-21(29(20)14-6-8-18(25)17(24)10-14)31-11-19(30)26-13-3-1-2-4-13/h5-10,13H,1-4,11H2,(H,26,30). The van der Waals surface area contributed by atoms with Gasteiger partial charge in [0.1, 0.15) is 5.82 Å². The van der Waals surface area contributed by atoms with E-state index in [1.54, 1.807) is 28.8 Å². The van der Waals surface area contributed by atoms with Gasteiger partial charge in [0.05, 0.1) is 21.5 Å². The maximum Gasteiger partial charge on any atom is 0.230 e. The number of thioether (sulfide) groups is 1. The van der Waals surface area contributed by atoms with Gasteiger partial charge in [-0.2, -0.15) is 0 Å². The lowest BCUT2D eigenvalue weighted by Gasteiger charge is -2.13. The van der Waals surface area contributed by atoms with E-state index in [0.717, 1.165) is 25.7 Å². The molecule has 0 unspecified atom stereocenters. The van der Waals surface area contributed by atoms with Crippen LogP contribution >= 0.6 is 46.6 Å². The Labute approximate surface area is 198 Å². The molecule has 31 heavy (non-hydrogen) atoms. The van der Waals surface area contributed by atoms with Crippen molar-refractivity contribution in [1.29, 1.82) is 0 Å². The Balaban J connectivity index is 1.67. The molecule has 10 heteroatoms. The average molecular weight is 500 g/mol. The second kappa shape index (κ2) is 9.77. The van der Waals surface area contributed by atoms with Gasteiger partial charge >= 0.3 is 0 Å². The van der Waals surface area contributed by atoms with Crippen LogP contribution in [0.15, 0.2) is 41.6 Å². The molecular weight excluding hydrogens is 482 g/mol. The molecule has 3 aromatic rings. The number of nitrogens with zero attached hydrogens (tertiary/aromatic N) is 3. The zero-order valence-electron chi connectivity index (χ0n) is 16.2. The van der Waals surface area contributed by atoms with E-state index in [1.807, 2.05) is 0 Å². The molecule has 5 nitrogen and oxygen atoms in total. The van der Waals surface area contributed by atoms with Crippen molar-refractivity contribution in [1.82, 2.24) is 20.1 Å². The summed E-state index contributed by atoms with van der Waals surface area (Å²) in [6.07, 6.45) is 4.31. The number of carbonyl (C=O) groups excluding carboxylic acids is 1. The molecule has 0 radical (unpaired) electrons. The summed E-state index contributed by atoms with van der Waals surface area (Å²) in [4.78, 5) is 12.4. The number of nitrogens with one attached hydrogen (secondary N) is 1. The van der Waals surface area contributed by atoms with E-state index >= 15 is 0 Å². The number of hydrogen-bond acceptors (Lipinski definition) is 4. The van der Waals surface area contributed by atoms with Crippen LogP contribution in [-0.2, 0) is 4.79 Å². The maximum atomic E-state index is 13.8. The lowest BCUT2D eigenvalue weighted by molar-refractivity contribution is -0.119. The van der Waals surface area contributed by atoms with Crippen molar-refractivity contribution < 1.29 is 9.18 Å². The second-order valence-electron chi connectivity index (χ2n) is 7.20. The molecule has 4 rings (SSSR count). The van der Waals surface area contributed by atoms with Gasteiger partial charge in [-0.15, -0.1) is 10.2 Å². The smallest absolute Gasteiger partial charge is 0.230 e. The minimum atomic E-state index is -0.533. The number of carbonyl (C=O) groups is 1. The highest BCUT2D eigenvalue weighted by atomic mass is 35.5. The number of hydrogen-bond donors (Lipinski definition) is 1. The first-order valence-electron chi connectivity index (χ1n) is 9.71. The van der Waals surface area contributed by atoms with Crippen LogP contribution in [0.25, 0.3) is 17.1 Å². The van der Waals surface area contributed by atoms with Gasteiger partial charge < -0.3 is 5.32 Å². The molecule has 1 heterocycles. The van der Waals surface area contributed by atoms with Crippen molar-refractivity contribution in [2.75, 3.05) is 5.75 Å². The van der Waals surface area contributed by atoms with Gasteiger partial charge in [0, 0.05) is 16.6 Å². The molecule has 1 amide bonds. The predicted octanol–water partition coefficient (Wildman–Crippen LogP) is 6.18. The van der Waals surface area contributed by atoms with Crippen molar-refractivity contribution in [3.05, 3.63) is 57.3 Å². The van der Waals surface area contributed by atoms with Crippen LogP contribution in [0, 0.1) is 5.82 Å². The van der Waals surface area contributed by atoms with Crippen LogP contribution in [0.1, 0.15) is 25.7 Å². The number of benzene rings is 2. The third kappa shape index (κ3) is 5.17. The number of amides is 1. The molecule has 0 bridgehead atoms. The second-order valence-corrected chi connectivity index (χ2v) is 9.40. The van der Waals surface area contributed by atoms with E-state index in [9.17, 15) is 9.18 Å². The molecule has 1 aromatic heterocycles. The molecule has 2 aromatic carbocycles. The molecule has 0 aliphatic heterocycles. The topological polar surface area (TPSA) is 59.8 Å². The Morgan fingerprint density at radius 2 is 1.87 bits per heavy atom. The Morgan fingerprint density at radius 3 is 2.58 bits per heavy atom. The van der Waals surface area contributed by atoms with Crippen LogP contribution in [0.2, 0.25) is 15.1 Å². The first kappa shape index (κ1) is 22.4. The lowest BCUT2D eigenvalue weighted by Crippen LogP contribution is -2.33. The fraction of sp³-hybridized carbons (Fsp3) is 0.286. The van der Waals surface area contributed by atoms with E-state index < -0.39 is 5.82 Å². The summed E-state index contributed by atoms with van der Waals surface area (Å²) in [6.45, 7) is 0. The molecule has 162 valence electrons. The highest BCUT2D eigenvalue weighted by Gasteiger charge is 2.21. The molecule has 1 fully saturated rings. The molecule has 0 saturated heterocycles. The summed E-state index contributed by atoms with van der Waals surface area (Å²) < 4.78 is 15.5. The first-order valence-corrected chi connectivity index (χ1v) is 11.8. The Hall–Kier alpha value is -1.80. The Kier molecular flexibility index (Phi) is 7.06. The van der Waals surface area contributed by atoms with E-state index in [4.69, 9.17) is 34.8 Å². The number of aromatic nitrogens is 3. The normalized spacial score (nSPS) is 14.2. The Morgan fingerprint density at radius 1 is 1.10 bits per heavy atom. The van der Waals surface area contributed by atoms with Crippen molar-refractivity contribution in [2.45, 2.75) is 36.9 Å². The van der Waals surface area contributed by atoms with E-state index in [2.05, 4.69) is 15.5 Å². The fourth-order valence-electron chi connectivity index (χ4n) is 3.54. The largest absolute Gasteiger partial charge is 0.353 e. The molecule has 1 aliphatic carbocycles. The summed E-state index contributed by atoms with van der Waals surface area (Å²) in [5.74, 6) is 0.0187. The van der Waals surface area contributed by atoms with Crippen molar-refractivity contribution in [3.8, 4) is 17.1 Å². The zero-order valence-corrected chi connectivity index (χ0v) is 19.3. The highest BCUT2D eigenvalue weighted by Crippen LogP contribution is 2.34. The van der Waals surface area contributed by atoms with Gasteiger partial charge in [-0.25, -0.2) is 4.39 Å². The van der Waals surface area contributed by atoms with Gasteiger partial charge in [0.15, 0.2) is 11.0 Å². The van der Waals surface area contributed by atoms with E-state index in [1.165, 1.54) is 23.9 Å². The molecule has 1 saturated carbocycles. The monoisotopic (exact) mass is 498 g/mol. The third-order valence-electron chi connectivity index (χ3n) is 5.02. The van der Waals surface area contributed by atoms with Gasteiger partial charge in [-0.3, -0.25) is 9.36 Å². The molecular formula is C21H18Cl3FN4OS. The van der Waals surface area contributed by atoms with E-state index in [0.29, 0.717) is 32.3 Å². The zero-order chi connectivity index (χ0) is 22.0. The van der Waals surface area contributed by atoms with E-state index in [-0.39, 0.29) is 22.7 Å². The van der Waals surface area contributed by atoms with Gasteiger partial charge in [0.25, 0.3) is 0 Å². The van der Waals surface area contributed by atoms with Crippen molar-refractivity contribution >= 4 is 52.5 Å². The van der Waals surface area contributed by atoms with Crippen molar-refractivity contribution in [2.24, 2.45) is 0 Å². The predicted molar refractivity (Wildman–Crippen MR) is 123 cm³/mol. The third-order valence-corrected chi connectivity index (χ3v) is 6.79. The van der Waals surface area contributed by atoms with Crippen LogP contribution in [-0.4, -0.2) is 32.5 Å². The van der Waals surface area contributed by atoms with Gasteiger partial charge in [0.2, 0.25) is 5.91 Å². The summed E-state index contributed by atoms with van der Waals surface area (Å²) >= 11 is 19.7. The summed E-state index contributed by atoms with van der Waals surface area (Å²) in [5, 5.41) is 12.9. The van der Waals surface area contributed by atoms with Crippen LogP contribution in [0.3, 0.4) is 0 Å². The van der Waals surface area contributed by atoms with Crippen LogP contribution < -0.4 is 5.32 Å². The van der Waals surface area contributed by atoms with Crippen LogP contribution in [0.5, 0.6) is 0 Å². The minimum absolute atomic E-state index is 0.0331. The summed E-state index contributed by atoms with van der Waals surface area (Å²) in [5.41, 5.74) is 1.15. The average Bonchev–Trinajstić information content (AvgIpc) is 3.38. The summed E-state index contributed by atoms with van der Waals surface area (Å²) in [6, 6.07) is 9.60. The first-order chi connectivity index (χ1) is 14.9. The van der Waals surface area contributed by atoms with Crippen molar-refractivity contribution in [3.63, 3.8) is 0 Å². The SMILES string of the molecule is O=C(CSc1nnc(-c2ccc(Cl)cc2Cl)n1-c1ccc(F)c(Cl)c1)NC1CCCC1. The molecule has 1 aliphatic rings. The van der Waals surface area contributed by atoms with Gasteiger partial charge in [-0.05, 0) is 49.2 Å². The molecule has 0 spiro atoms. The molecule has 1 N–H and O–H groups in total. The lowest BCUT2D eigenvalue weighted by atomic mass is 10.2. The van der Waals surface area contributed by atoms with Crippen LogP contribution in [0.4, 0.5) is 4.39 Å². The van der Waals surface area contributed by atoms with Gasteiger partial charge in [-0.1, -0.05) is 59.4 Å².